The maximum absolute atomic E-state index is 3.08. The molecule has 0 amide bonds. The molecule has 0 aliphatic carbocycles. The number of hydrogen-bond donors (Lipinski definition) is 0. The largest absolute Gasteiger partial charge is 0.134 e. The zero-order valence-electron chi connectivity index (χ0n) is 15.2. The summed E-state index contributed by atoms with van der Waals surface area (Å²) in [6.45, 7) is 4.59. The third-order valence-electron chi connectivity index (χ3n) is 4.61. The summed E-state index contributed by atoms with van der Waals surface area (Å²) in [4.78, 5) is 0. The van der Waals surface area contributed by atoms with E-state index >= 15 is 0 Å². The Bertz CT molecular complexity index is 179. The first kappa shape index (κ1) is 21.4. The van der Waals surface area contributed by atoms with Gasteiger partial charge in [-0.3, -0.25) is 0 Å². The fourth-order valence-electron chi connectivity index (χ4n) is 3.05. The minimum atomic E-state index is 0.889. The van der Waals surface area contributed by atoms with Crippen molar-refractivity contribution >= 4 is 9.24 Å². The fourth-order valence-corrected chi connectivity index (χ4v) is 3.52. The molecule has 0 saturated heterocycles. The Labute approximate surface area is 138 Å². The lowest BCUT2D eigenvalue weighted by atomic mass is 10.0. The molecule has 21 heavy (non-hydrogen) atoms. The van der Waals surface area contributed by atoms with Gasteiger partial charge in [0.15, 0.2) is 0 Å². The van der Waals surface area contributed by atoms with Gasteiger partial charge in [0.1, 0.15) is 0 Å². The van der Waals surface area contributed by atoms with Crippen LogP contribution in [0, 0.1) is 0 Å². The van der Waals surface area contributed by atoms with E-state index in [1.807, 2.05) is 0 Å². The second kappa shape index (κ2) is 18.5. The van der Waals surface area contributed by atoms with Gasteiger partial charge in [0.2, 0.25) is 0 Å². The second-order valence-electron chi connectivity index (χ2n) is 6.93. The summed E-state index contributed by atoms with van der Waals surface area (Å²) in [6, 6.07) is 0. The van der Waals surface area contributed by atoms with E-state index in [4.69, 9.17) is 0 Å². The van der Waals surface area contributed by atoms with Crippen molar-refractivity contribution in [1.29, 1.82) is 0 Å². The van der Waals surface area contributed by atoms with Crippen LogP contribution in [0.5, 0.6) is 0 Å². The molecule has 2 unspecified atom stereocenters. The summed E-state index contributed by atoms with van der Waals surface area (Å²) < 4.78 is 0. The molecule has 0 aromatic rings. The summed E-state index contributed by atoms with van der Waals surface area (Å²) in [5.41, 5.74) is 0.889. The minimum Gasteiger partial charge on any atom is -0.134 e. The molecule has 128 valence electrons. The highest BCUT2D eigenvalue weighted by atomic mass is 31.0. The van der Waals surface area contributed by atoms with Crippen LogP contribution in [0.25, 0.3) is 0 Å². The van der Waals surface area contributed by atoms with Crippen molar-refractivity contribution in [1.82, 2.24) is 0 Å². The van der Waals surface area contributed by atoms with Crippen molar-refractivity contribution in [2.75, 3.05) is 0 Å². The third-order valence-corrected chi connectivity index (χ3v) is 5.27. The summed E-state index contributed by atoms with van der Waals surface area (Å²) in [5.74, 6) is 0. The molecule has 1 heteroatoms. The maximum atomic E-state index is 3.08. The molecular weight excluding hydrogens is 271 g/mol. The van der Waals surface area contributed by atoms with Crippen LogP contribution in [0.15, 0.2) is 0 Å². The number of rotatable bonds is 17. The molecule has 0 aromatic carbocycles. The van der Waals surface area contributed by atoms with E-state index in [0.29, 0.717) is 0 Å². The lowest BCUT2D eigenvalue weighted by molar-refractivity contribution is 0.531. The Morgan fingerprint density at radius 1 is 0.476 bits per heavy atom. The molecule has 0 aliphatic heterocycles. The van der Waals surface area contributed by atoms with Gasteiger partial charge in [-0.2, -0.15) is 0 Å². The molecule has 0 radical (unpaired) electrons. The molecule has 0 aromatic heterocycles. The smallest absolute Gasteiger partial charge is 0.0264 e. The van der Waals surface area contributed by atoms with Crippen LogP contribution in [0.2, 0.25) is 0 Å². The first-order valence-corrected chi connectivity index (χ1v) is 10.7. The monoisotopic (exact) mass is 314 g/mol. The molecule has 0 bridgehead atoms. The van der Waals surface area contributed by atoms with Crippen LogP contribution in [-0.2, 0) is 0 Å². The topological polar surface area (TPSA) is 0 Å². The molecule has 0 saturated carbocycles. The Morgan fingerprint density at radius 3 is 1.14 bits per heavy atom. The zero-order chi connectivity index (χ0) is 15.6. The molecule has 0 fully saturated rings. The van der Waals surface area contributed by atoms with Crippen LogP contribution < -0.4 is 0 Å². The summed E-state index contributed by atoms with van der Waals surface area (Å²) >= 11 is 0. The lowest BCUT2D eigenvalue weighted by Gasteiger charge is -2.10. The third kappa shape index (κ3) is 18.4. The first-order valence-electron chi connectivity index (χ1n) is 10.1. The first-order chi connectivity index (χ1) is 10.3. The van der Waals surface area contributed by atoms with Crippen molar-refractivity contribution in [3.8, 4) is 0 Å². The van der Waals surface area contributed by atoms with Crippen LogP contribution >= 0.6 is 9.24 Å². The van der Waals surface area contributed by atoms with Crippen molar-refractivity contribution in [3.63, 3.8) is 0 Å². The molecule has 2 atom stereocenters. The Morgan fingerprint density at radius 2 is 0.762 bits per heavy atom. The highest BCUT2D eigenvalue weighted by molar-refractivity contribution is 7.17. The van der Waals surface area contributed by atoms with E-state index in [0.717, 1.165) is 5.66 Å². The fraction of sp³-hybridized carbons (Fsp3) is 1.00. The standard InChI is InChI=1S/C20H43P/c1-3-5-7-9-10-11-12-13-14-15-17-19-20(21)18-16-8-6-4-2/h20H,3-19,21H2,1-2H3. The molecule has 0 N–H and O–H groups in total. The van der Waals surface area contributed by atoms with E-state index < -0.39 is 0 Å². The van der Waals surface area contributed by atoms with Crippen molar-refractivity contribution in [2.24, 2.45) is 0 Å². The van der Waals surface area contributed by atoms with Gasteiger partial charge in [0.05, 0.1) is 0 Å². The number of hydrogen-bond acceptors (Lipinski definition) is 0. The molecule has 0 nitrogen and oxygen atoms in total. The molecular formula is C20H43P. The van der Waals surface area contributed by atoms with E-state index in [9.17, 15) is 0 Å². The average molecular weight is 315 g/mol. The van der Waals surface area contributed by atoms with Crippen molar-refractivity contribution in [3.05, 3.63) is 0 Å². The van der Waals surface area contributed by atoms with Crippen LogP contribution in [0.4, 0.5) is 0 Å². The highest BCUT2D eigenvalue weighted by Crippen LogP contribution is 2.19. The Kier molecular flexibility index (Phi) is 18.9. The van der Waals surface area contributed by atoms with Crippen molar-refractivity contribution < 1.29 is 0 Å². The molecule has 0 heterocycles. The minimum absolute atomic E-state index is 0.889. The van der Waals surface area contributed by atoms with Crippen molar-refractivity contribution in [2.45, 2.75) is 129 Å². The normalized spacial score (nSPS) is 12.7. The summed E-state index contributed by atoms with van der Waals surface area (Å²) in [7, 11) is 3.08. The highest BCUT2D eigenvalue weighted by Gasteiger charge is 2.01. The van der Waals surface area contributed by atoms with Gasteiger partial charge < -0.3 is 0 Å². The van der Waals surface area contributed by atoms with Gasteiger partial charge in [0, 0.05) is 0 Å². The van der Waals surface area contributed by atoms with Gasteiger partial charge in [-0.15, -0.1) is 9.24 Å². The quantitative estimate of drug-likeness (QED) is 0.189. The van der Waals surface area contributed by atoms with Gasteiger partial charge in [-0.25, -0.2) is 0 Å². The van der Waals surface area contributed by atoms with E-state index in [1.54, 1.807) is 0 Å². The van der Waals surface area contributed by atoms with Gasteiger partial charge in [-0.05, 0) is 18.5 Å². The predicted molar refractivity (Wildman–Crippen MR) is 103 cm³/mol. The average Bonchev–Trinajstić information content (AvgIpc) is 2.49. The maximum Gasteiger partial charge on any atom is -0.0264 e. The van der Waals surface area contributed by atoms with Gasteiger partial charge in [0.25, 0.3) is 0 Å². The van der Waals surface area contributed by atoms with Gasteiger partial charge in [-0.1, -0.05) is 110 Å². The summed E-state index contributed by atoms with van der Waals surface area (Å²) in [6.07, 6.45) is 24.6. The Balaban J connectivity index is 3.07. The molecule has 0 aliphatic rings. The Hall–Kier alpha value is 0.430. The molecule has 0 spiro atoms. The van der Waals surface area contributed by atoms with E-state index in [2.05, 4.69) is 23.1 Å². The lowest BCUT2D eigenvalue weighted by Crippen LogP contribution is -1.97. The second-order valence-corrected chi connectivity index (χ2v) is 7.88. The van der Waals surface area contributed by atoms with Crippen LogP contribution in [-0.4, -0.2) is 5.66 Å². The predicted octanol–water partition coefficient (Wildman–Crippen LogP) is 7.90. The SMILES string of the molecule is CCCCCCCCCCCCCC(P)CCCCCC. The summed E-state index contributed by atoms with van der Waals surface area (Å²) in [5, 5.41) is 0. The van der Waals surface area contributed by atoms with E-state index in [1.165, 1.54) is 109 Å². The zero-order valence-corrected chi connectivity index (χ0v) is 16.3. The van der Waals surface area contributed by atoms with E-state index in [-0.39, 0.29) is 0 Å². The number of unbranched alkanes of at least 4 members (excludes halogenated alkanes) is 13. The van der Waals surface area contributed by atoms with Crippen LogP contribution in [0.1, 0.15) is 123 Å². The van der Waals surface area contributed by atoms with Gasteiger partial charge >= 0.3 is 0 Å². The molecule has 0 rings (SSSR count). The van der Waals surface area contributed by atoms with Crippen LogP contribution in [0.3, 0.4) is 0 Å².